The SMILES string of the molecule is O=C(c1cccc(Cl)c1Cl)N(CCCl)CCCl. The van der Waals surface area contributed by atoms with Crippen LogP contribution < -0.4 is 0 Å². The van der Waals surface area contributed by atoms with Gasteiger partial charge in [0.25, 0.3) is 5.91 Å². The first-order chi connectivity index (χ1) is 8.11. The van der Waals surface area contributed by atoms with Gasteiger partial charge in [-0.3, -0.25) is 4.79 Å². The second-order valence-electron chi connectivity index (χ2n) is 3.27. The zero-order valence-electron chi connectivity index (χ0n) is 8.93. The van der Waals surface area contributed by atoms with Gasteiger partial charge < -0.3 is 4.90 Å². The molecule has 17 heavy (non-hydrogen) atoms. The molecule has 0 atom stereocenters. The normalized spacial score (nSPS) is 10.4. The molecule has 0 unspecified atom stereocenters. The van der Waals surface area contributed by atoms with Gasteiger partial charge in [-0.2, -0.15) is 0 Å². The number of benzene rings is 1. The molecule has 0 saturated heterocycles. The summed E-state index contributed by atoms with van der Waals surface area (Å²) >= 11 is 23.1. The van der Waals surface area contributed by atoms with Crippen molar-refractivity contribution in [2.45, 2.75) is 0 Å². The fraction of sp³-hybridized carbons (Fsp3) is 0.364. The summed E-state index contributed by atoms with van der Waals surface area (Å²) in [6, 6.07) is 4.95. The molecule has 0 bridgehead atoms. The van der Waals surface area contributed by atoms with Gasteiger partial charge in [0.15, 0.2) is 0 Å². The van der Waals surface area contributed by atoms with Crippen molar-refractivity contribution in [3.8, 4) is 0 Å². The van der Waals surface area contributed by atoms with Crippen LogP contribution in [0.2, 0.25) is 10.0 Å². The number of amides is 1. The van der Waals surface area contributed by atoms with E-state index in [2.05, 4.69) is 0 Å². The minimum atomic E-state index is -0.209. The highest BCUT2D eigenvalue weighted by Gasteiger charge is 2.18. The Hall–Kier alpha value is -0.150. The summed E-state index contributed by atoms with van der Waals surface area (Å²) in [5.41, 5.74) is 0.370. The molecule has 0 aliphatic heterocycles. The Morgan fingerprint density at radius 3 is 2.24 bits per heavy atom. The molecule has 1 amide bonds. The van der Waals surface area contributed by atoms with Gasteiger partial charge in [-0.1, -0.05) is 29.3 Å². The highest BCUT2D eigenvalue weighted by molar-refractivity contribution is 6.43. The van der Waals surface area contributed by atoms with Gasteiger partial charge in [-0.25, -0.2) is 0 Å². The van der Waals surface area contributed by atoms with Crippen molar-refractivity contribution in [3.63, 3.8) is 0 Å². The maximum absolute atomic E-state index is 12.2. The highest BCUT2D eigenvalue weighted by atomic mass is 35.5. The second-order valence-corrected chi connectivity index (χ2v) is 4.81. The van der Waals surface area contributed by atoms with Gasteiger partial charge in [-0.05, 0) is 12.1 Å². The Bertz CT molecular complexity index is 391. The van der Waals surface area contributed by atoms with E-state index >= 15 is 0 Å². The van der Waals surface area contributed by atoms with E-state index in [4.69, 9.17) is 46.4 Å². The molecule has 94 valence electrons. The van der Waals surface area contributed by atoms with E-state index in [9.17, 15) is 4.79 Å². The van der Waals surface area contributed by atoms with Crippen molar-refractivity contribution < 1.29 is 4.79 Å². The first kappa shape index (κ1) is 14.9. The van der Waals surface area contributed by atoms with Gasteiger partial charge in [0, 0.05) is 24.8 Å². The van der Waals surface area contributed by atoms with Gasteiger partial charge in [0.2, 0.25) is 0 Å². The average Bonchev–Trinajstić information content (AvgIpc) is 2.31. The molecule has 0 radical (unpaired) electrons. The molecule has 0 aliphatic rings. The van der Waals surface area contributed by atoms with Gasteiger partial charge >= 0.3 is 0 Å². The lowest BCUT2D eigenvalue weighted by Gasteiger charge is -2.21. The topological polar surface area (TPSA) is 20.3 Å². The van der Waals surface area contributed by atoms with Crippen LogP contribution in [0.1, 0.15) is 10.4 Å². The molecule has 0 fully saturated rings. The molecule has 0 saturated carbocycles. The van der Waals surface area contributed by atoms with Crippen LogP contribution in [0.4, 0.5) is 0 Å². The number of hydrogen-bond donors (Lipinski definition) is 0. The zero-order chi connectivity index (χ0) is 12.8. The number of hydrogen-bond acceptors (Lipinski definition) is 1. The maximum Gasteiger partial charge on any atom is 0.255 e. The van der Waals surface area contributed by atoms with E-state index < -0.39 is 0 Å². The summed E-state index contributed by atoms with van der Waals surface area (Å²) in [6.07, 6.45) is 0. The smallest absolute Gasteiger partial charge is 0.255 e. The molecule has 0 spiro atoms. The lowest BCUT2D eigenvalue weighted by atomic mass is 10.2. The summed E-state index contributed by atoms with van der Waals surface area (Å²) in [6.45, 7) is 0.853. The Kier molecular flexibility index (Phi) is 6.42. The van der Waals surface area contributed by atoms with Crippen LogP contribution in [0.15, 0.2) is 18.2 Å². The lowest BCUT2D eigenvalue weighted by Crippen LogP contribution is -2.34. The van der Waals surface area contributed by atoms with Crippen LogP contribution in [0.5, 0.6) is 0 Å². The van der Waals surface area contributed by atoms with E-state index in [0.717, 1.165) is 0 Å². The Morgan fingerprint density at radius 2 is 1.71 bits per heavy atom. The van der Waals surface area contributed by atoms with E-state index in [0.29, 0.717) is 35.4 Å². The van der Waals surface area contributed by atoms with Gasteiger partial charge in [-0.15, -0.1) is 23.2 Å². The Balaban J connectivity index is 2.96. The molecule has 1 aromatic carbocycles. The summed E-state index contributed by atoms with van der Waals surface area (Å²) in [7, 11) is 0. The van der Waals surface area contributed by atoms with E-state index in [1.165, 1.54) is 0 Å². The van der Waals surface area contributed by atoms with Crippen molar-refractivity contribution in [2.75, 3.05) is 24.8 Å². The third kappa shape index (κ3) is 3.92. The van der Waals surface area contributed by atoms with Crippen molar-refractivity contribution in [1.82, 2.24) is 4.90 Å². The number of rotatable bonds is 5. The first-order valence-electron chi connectivity index (χ1n) is 4.97. The van der Waals surface area contributed by atoms with Crippen LogP contribution >= 0.6 is 46.4 Å². The minimum absolute atomic E-state index is 0.209. The first-order valence-corrected chi connectivity index (χ1v) is 6.79. The summed E-state index contributed by atoms with van der Waals surface area (Å²) in [5.74, 6) is 0.487. The third-order valence-electron chi connectivity index (χ3n) is 2.18. The fourth-order valence-electron chi connectivity index (χ4n) is 1.36. The number of halogens is 4. The molecule has 2 nitrogen and oxygen atoms in total. The van der Waals surface area contributed by atoms with E-state index in [1.807, 2.05) is 0 Å². The molecule has 0 aliphatic carbocycles. The van der Waals surface area contributed by atoms with Crippen molar-refractivity contribution in [1.29, 1.82) is 0 Å². The average molecular weight is 315 g/mol. The van der Waals surface area contributed by atoms with Crippen molar-refractivity contribution in [3.05, 3.63) is 33.8 Å². The van der Waals surface area contributed by atoms with Crippen LogP contribution in [-0.4, -0.2) is 35.7 Å². The number of nitrogens with zero attached hydrogens (tertiary/aromatic N) is 1. The molecule has 1 rings (SSSR count). The monoisotopic (exact) mass is 313 g/mol. The Labute approximate surface area is 120 Å². The maximum atomic E-state index is 12.2. The van der Waals surface area contributed by atoms with Gasteiger partial charge in [0.1, 0.15) is 0 Å². The quantitative estimate of drug-likeness (QED) is 0.754. The van der Waals surface area contributed by atoms with E-state index in [-0.39, 0.29) is 10.9 Å². The number of carbonyl (C=O) groups is 1. The van der Waals surface area contributed by atoms with Crippen LogP contribution in [0, 0.1) is 0 Å². The van der Waals surface area contributed by atoms with Gasteiger partial charge in [0.05, 0.1) is 15.6 Å². The molecule has 1 aromatic rings. The Morgan fingerprint density at radius 1 is 1.12 bits per heavy atom. The molecule has 6 heteroatoms. The number of carbonyl (C=O) groups excluding carboxylic acids is 1. The fourth-order valence-corrected chi connectivity index (χ4v) is 2.15. The van der Waals surface area contributed by atoms with Crippen LogP contribution in [0.3, 0.4) is 0 Å². The van der Waals surface area contributed by atoms with Crippen LogP contribution in [0.25, 0.3) is 0 Å². The van der Waals surface area contributed by atoms with Crippen LogP contribution in [-0.2, 0) is 0 Å². The lowest BCUT2D eigenvalue weighted by molar-refractivity contribution is 0.0775. The van der Waals surface area contributed by atoms with Crippen molar-refractivity contribution >= 4 is 52.3 Å². The summed E-state index contributed by atoms with van der Waals surface area (Å²) in [4.78, 5) is 13.7. The molecule has 0 N–H and O–H groups in total. The molecule has 0 heterocycles. The minimum Gasteiger partial charge on any atom is -0.336 e. The predicted octanol–water partition coefficient (Wildman–Crippen LogP) is 3.91. The molecular weight excluding hydrogens is 304 g/mol. The van der Waals surface area contributed by atoms with Crippen molar-refractivity contribution in [2.24, 2.45) is 0 Å². The third-order valence-corrected chi connectivity index (χ3v) is 3.34. The molecule has 0 aromatic heterocycles. The second kappa shape index (κ2) is 7.32. The zero-order valence-corrected chi connectivity index (χ0v) is 12.0. The largest absolute Gasteiger partial charge is 0.336 e. The number of alkyl halides is 2. The van der Waals surface area contributed by atoms with E-state index in [1.54, 1.807) is 23.1 Å². The standard InChI is InChI=1S/C11H11Cl4NO/c12-4-6-16(7-5-13)11(17)8-2-1-3-9(14)10(8)15/h1-3H,4-7H2. The summed E-state index contributed by atoms with van der Waals surface area (Å²) in [5, 5.41) is 0.613. The predicted molar refractivity (Wildman–Crippen MR) is 73.8 cm³/mol. The molecular formula is C11H11Cl4NO. The summed E-state index contributed by atoms with van der Waals surface area (Å²) < 4.78 is 0. The highest BCUT2D eigenvalue weighted by Crippen LogP contribution is 2.26.